The van der Waals surface area contributed by atoms with Crippen molar-refractivity contribution in [1.29, 1.82) is 0 Å². The summed E-state index contributed by atoms with van der Waals surface area (Å²) in [6, 6.07) is 14.6. The van der Waals surface area contributed by atoms with Crippen LogP contribution in [-0.4, -0.2) is 59.5 Å². The number of hydrogen-bond donors (Lipinski definition) is 0. The second-order valence-corrected chi connectivity index (χ2v) is 9.66. The van der Waals surface area contributed by atoms with E-state index in [1.807, 2.05) is 36.5 Å². The summed E-state index contributed by atoms with van der Waals surface area (Å²) in [5, 5.41) is 4.36. The van der Waals surface area contributed by atoms with Gasteiger partial charge in [-0.1, -0.05) is 18.2 Å². The van der Waals surface area contributed by atoms with Crippen molar-refractivity contribution in [1.82, 2.24) is 19.0 Å². The Hall–Kier alpha value is -3.04. The van der Waals surface area contributed by atoms with Crippen molar-refractivity contribution in [2.24, 2.45) is 0 Å². The number of halogens is 1. The monoisotopic (exact) mass is 456 g/mol. The van der Waals surface area contributed by atoms with Gasteiger partial charge in [0.2, 0.25) is 15.9 Å². The van der Waals surface area contributed by atoms with E-state index in [1.165, 1.54) is 16.4 Å². The normalized spacial score (nSPS) is 15.5. The second-order valence-electron chi connectivity index (χ2n) is 7.72. The molecule has 2 heterocycles. The van der Waals surface area contributed by atoms with Gasteiger partial charge in [0.25, 0.3) is 0 Å². The molecule has 1 aromatic heterocycles. The van der Waals surface area contributed by atoms with E-state index in [2.05, 4.69) is 5.10 Å². The van der Waals surface area contributed by atoms with E-state index < -0.39 is 15.8 Å². The summed E-state index contributed by atoms with van der Waals surface area (Å²) in [6.07, 6.45) is 5.14. The van der Waals surface area contributed by atoms with Crippen molar-refractivity contribution < 1.29 is 17.6 Å². The molecule has 1 aliphatic heterocycles. The molecule has 0 aliphatic carbocycles. The first-order chi connectivity index (χ1) is 15.4. The van der Waals surface area contributed by atoms with Gasteiger partial charge in [-0.3, -0.25) is 4.79 Å². The number of carbonyl (C=O) groups is 1. The van der Waals surface area contributed by atoms with Crippen molar-refractivity contribution in [2.75, 3.05) is 26.2 Å². The van der Waals surface area contributed by atoms with Gasteiger partial charge in [0.05, 0.1) is 16.8 Å². The van der Waals surface area contributed by atoms with Gasteiger partial charge in [-0.2, -0.15) is 9.40 Å². The highest BCUT2D eigenvalue weighted by Gasteiger charge is 2.28. The lowest BCUT2D eigenvalue weighted by molar-refractivity contribution is -0.131. The molecule has 0 unspecified atom stereocenters. The molecule has 1 saturated heterocycles. The fourth-order valence-corrected chi connectivity index (χ4v) is 5.23. The van der Waals surface area contributed by atoms with E-state index in [-0.39, 0.29) is 17.3 Å². The summed E-state index contributed by atoms with van der Waals surface area (Å²) in [4.78, 5) is 14.5. The van der Waals surface area contributed by atoms with Gasteiger partial charge >= 0.3 is 0 Å². The smallest absolute Gasteiger partial charge is 0.243 e. The van der Waals surface area contributed by atoms with Crippen LogP contribution in [0, 0.1) is 5.82 Å². The number of nitrogens with zero attached hydrogens (tertiary/aromatic N) is 4. The molecule has 168 valence electrons. The molecule has 1 aliphatic rings. The highest BCUT2D eigenvalue weighted by Crippen LogP contribution is 2.19. The van der Waals surface area contributed by atoms with E-state index in [0.717, 1.165) is 23.4 Å². The maximum Gasteiger partial charge on any atom is 0.243 e. The molecule has 2 aromatic carbocycles. The van der Waals surface area contributed by atoms with Crippen molar-refractivity contribution in [3.63, 3.8) is 0 Å². The first-order valence-electron chi connectivity index (χ1n) is 10.6. The number of aryl methyl sites for hydroxylation is 1. The number of rotatable bonds is 6. The summed E-state index contributed by atoms with van der Waals surface area (Å²) >= 11 is 0. The lowest BCUT2D eigenvalue weighted by atomic mass is 10.2. The van der Waals surface area contributed by atoms with Crippen molar-refractivity contribution in [2.45, 2.75) is 24.2 Å². The van der Waals surface area contributed by atoms with Crippen LogP contribution in [0.5, 0.6) is 0 Å². The lowest BCUT2D eigenvalue weighted by Crippen LogP contribution is -2.37. The lowest BCUT2D eigenvalue weighted by Gasteiger charge is -2.22. The average Bonchev–Trinajstić information content (AvgIpc) is 3.13. The van der Waals surface area contributed by atoms with Gasteiger partial charge in [0, 0.05) is 38.8 Å². The summed E-state index contributed by atoms with van der Waals surface area (Å²) in [7, 11) is -3.71. The summed E-state index contributed by atoms with van der Waals surface area (Å²) in [5.74, 6) is -0.482. The highest BCUT2D eigenvalue weighted by molar-refractivity contribution is 7.89. The first-order valence-corrected chi connectivity index (χ1v) is 12.0. The number of para-hydroxylation sites is 1. The zero-order valence-electron chi connectivity index (χ0n) is 17.6. The Morgan fingerprint density at radius 1 is 0.969 bits per heavy atom. The van der Waals surface area contributed by atoms with Crippen LogP contribution in [0.15, 0.2) is 71.9 Å². The maximum absolute atomic E-state index is 13.1. The molecule has 1 amide bonds. The van der Waals surface area contributed by atoms with Crippen LogP contribution in [0.2, 0.25) is 0 Å². The van der Waals surface area contributed by atoms with E-state index in [4.69, 9.17) is 0 Å². The van der Waals surface area contributed by atoms with Crippen LogP contribution >= 0.6 is 0 Å². The molecule has 9 heteroatoms. The molecule has 0 spiro atoms. The van der Waals surface area contributed by atoms with Crippen LogP contribution in [0.3, 0.4) is 0 Å². The van der Waals surface area contributed by atoms with E-state index in [9.17, 15) is 17.6 Å². The molecule has 4 rings (SSSR count). The van der Waals surface area contributed by atoms with Gasteiger partial charge in [-0.15, -0.1) is 0 Å². The molecule has 32 heavy (non-hydrogen) atoms. The second kappa shape index (κ2) is 9.62. The Morgan fingerprint density at radius 3 is 2.47 bits per heavy atom. The number of carbonyl (C=O) groups excluding carboxylic acids is 1. The van der Waals surface area contributed by atoms with E-state index >= 15 is 0 Å². The minimum absolute atomic E-state index is 0.00140. The van der Waals surface area contributed by atoms with Gasteiger partial charge in [-0.05, 0) is 54.8 Å². The fraction of sp³-hybridized carbons (Fsp3) is 0.304. The SMILES string of the molecule is O=C(CCc1cnn(-c2ccccc2)c1)N1CCCN(S(=O)(=O)c2ccc(F)cc2)CC1. The van der Waals surface area contributed by atoms with Crippen LogP contribution in [-0.2, 0) is 21.2 Å². The number of amides is 1. The molecule has 1 fully saturated rings. The largest absolute Gasteiger partial charge is 0.341 e. The molecule has 0 atom stereocenters. The number of benzene rings is 2. The molecular weight excluding hydrogens is 431 g/mol. The van der Waals surface area contributed by atoms with Gasteiger partial charge in [0.15, 0.2) is 0 Å². The van der Waals surface area contributed by atoms with Crippen LogP contribution in [0.1, 0.15) is 18.4 Å². The standard InChI is InChI=1S/C23H25FN4O3S/c24-20-8-10-22(11-9-20)32(30,31)27-14-4-13-26(15-16-27)23(29)12-7-19-17-25-28(18-19)21-5-2-1-3-6-21/h1-3,5-6,8-11,17-18H,4,7,12-16H2. The fourth-order valence-electron chi connectivity index (χ4n) is 3.76. The molecule has 0 N–H and O–H groups in total. The Morgan fingerprint density at radius 2 is 1.72 bits per heavy atom. The quantitative estimate of drug-likeness (QED) is 0.572. The summed E-state index contributed by atoms with van der Waals surface area (Å²) in [5.41, 5.74) is 1.93. The van der Waals surface area contributed by atoms with Crippen molar-refractivity contribution in [3.8, 4) is 5.69 Å². The predicted octanol–water partition coefficient (Wildman–Crippen LogP) is 2.87. The molecule has 0 saturated carbocycles. The molecule has 7 nitrogen and oxygen atoms in total. The summed E-state index contributed by atoms with van der Waals surface area (Å²) < 4.78 is 42.0. The van der Waals surface area contributed by atoms with Gasteiger partial charge < -0.3 is 4.90 Å². The third-order valence-electron chi connectivity index (χ3n) is 5.54. The topological polar surface area (TPSA) is 75.5 Å². The Kier molecular flexibility index (Phi) is 6.66. The third kappa shape index (κ3) is 5.05. The van der Waals surface area contributed by atoms with Crippen molar-refractivity contribution in [3.05, 3.63) is 78.4 Å². The van der Waals surface area contributed by atoms with Crippen LogP contribution in [0.4, 0.5) is 4.39 Å². The zero-order chi connectivity index (χ0) is 22.6. The molecule has 0 bridgehead atoms. The Labute approximate surface area is 187 Å². The van der Waals surface area contributed by atoms with Crippen LogP contribution < -0.4 is 0 Å². The van der Waals surface area contributed by atoms with Crippen molar-refractivity contribution >= 4 is 15.9 Å². The first kappa shape index (κ1) is 22.2. The number of hydrogen-bond acceptors (Lipinski definition) is 4. The Balaban J connectivity index is 1.33. The predicted molar refractivity (Wildman–Crippen MR) is 118 cm³/mol. The van der Waals surface area contributed by atoms with Crippen LogP contribution in [0.25, 0.3) is 5.69 Å². The highest BCUT2D eigenvalue weighted by atomic mass is 32.2. The van der Waals surface area contributed by atoms with E-state index in [0.29, 0.717) is 38.9 Å². The average molecular weight is 457 g/mol. The minimum atomic E-state index is -3.71. The minimum Gasteiger partial charge on any atom is -0.341 e. The number of aromatic nitrogens is 2. The van der Waals surface area contributed by atoms with Gasteiger partial charge in [-0.25, -0.2) is 17.5 Å². The Bertz CT molecular complexity index is 1160. The van der Waals surface area contributed by atoms with E-state index in [1.54, 1.807) is 15.8 Å². The zero-order valence-corrected chi connectivity index (χ0v) is 18.4. The number of sulfonamides is 1. The molecule has 3 aromatic rings. The molecular formula is C23H25FN4O3S. The summed E-state index contributed by atoms with van der Waals surface area (Å²) in [6.45, 7) is 1.39. The third-order valence-corrected chi connectivity index (χ3v) is 7.46. The molecule has 0 radical (unpaired) electrons. The van der Waals surface area contributed by atoms with Gasteiger partial charge in [0.1, 0.15) is 5.82 Å². The maximum atomic E-state index is 13.1.